The van der Waals surface area contributed by atoms with Crippen LogP contribution in [0.15, 0.2) is 46.9 Å². The summed E-state index contributed by atoms with van der Waals surface area (Å²) in [6.45, 7) is 1.74. The highest BCUT2D eigenvalue weighted by molar-refractivity contribution is 9.10. The second-order valence-corrected chi connectivity index (χ2v) is 5.91. The molecule has 124 valence electrons. The van der Waals surface area contributed by atoms with E-state index in [2.05, 4.69) is 21.2 Å². The molecule has 2 rings (SSSR count). The van der Waals surface area contributed by atoms with E-state index in [1.807, 2.05) is 24.3 Å². The van der Waals surface area contributed by atoms with Crippen molar-refractivity contribution in [2.24, 2.45) is 0 Å². The molecule has 0 aliphatic rings. The zero-order valence-corrected chi connectivity index (χ0v) is 14.0. The lowest BCUT2D eigenvalue weighted by Gasteiger charge is -2.14. The third kappa shape index (κ3) is 4.13. The summed E-state index contributed by atoms with van der Waals surface area (Å²) in [4.78, 5) is 32.5. The molecule has 8 nitrogen and oxygen atoms in total. The Morgan fingerprint density at radius 1 is 1.04 bits per heavy atom. The highest BCUT2D eigenvalue weighted by Gasteiger charge is 2.21. The summed E-state index contributed by atoms with van der Waals surface area (Å²) >= 11 is 3.31. The molecule has 1 amide bonds. The maximum absolute atomic E-state index is 12.3. The van der Waals surface area contributed by atoms with E-state index in [4.69, 9.17) is 0 Å². The molecule has 2 aromatic carbocycles. The normalized spacial score (nSPS) is 11.6. The molecule has 0 spiro atoms. The van der Waals surface area contributed by atoms with Crippen LogP contribution < -0.4 is 5.32 Å². The Morgan fingerprint density at radius 2 is 1.54 bits per heavy atom. The molecule has 9 heteroatoms. The van der Waals surface area contributed by atoms with Crippen LogP contribution in [0.2, 0.25) is 0 Å². The Balaban J connectivity index is 2.27. The Morgan fingerprint density at radius 3 is 2.00 bits per heavy atom. The lowest BCUT2D eigenvalue weighted by atomic mass is 10.1. The number of benzene rings is 2. The van der Waals surface area contributed by atoms with Gasteiger partial charge in [0.25, 0.3) is 17.3 Å². The van der Waals surface area contributed by atoms with E-state index in [0.29, 0.717) is 0 Å². The molecular formula is C15H12BrN3O5. The van der Waals surface area contributed by atoms with Gasteiger partial charge < -0.3 is 5.32 Å². The molecule has 0 aliphatic carbocycles. The van der Waals surface area contributed by atoms with E-state index in [-0.39, 0.29) is 11.6 Å². The first-order valence-electron chi connectivity index (χ1n) is 6.78. The number of nitro groups is 2. The maximum Gasteiger partial charge on any atom is 0.277 e. The van der Waals surface area contributed by atoms with Gasteiger partial charge in [-0.15, -0.1) is 0 Å². The SMILES string of the molecule is CC(NC(=O)c1cc([N+](=O)[O-])cc([N+](=O)[O-])c1)c1ccc(Br)cc1. The standard InChI is InChI=1S/C15H12BrN3O5/c1-9(10-2-4-12(16)5-3-10)17-15(20)11-6-13(18(21)22)8-14(7-11)19(23)24/h2-9H,1H3,(H,17,20). The third-order valence-electron chi connectivity index (χ3n) is 3.30. The first kappa shape index (κ1) is 17.5. The fourth-order valence-electron chi connectivity index (χ4n) is 2.05. The zero-order valence-electron chi connectivity index (χ0n) is 12.4. The summed E-state index contributed by atoms with van der Waals surface area (Å²) in [5.74, 6) is -0.628. The van der Waals surface area contributed by atoms with Crippen LogP contribution in [0.5, 0.6) is 0 Å². The molecule has 1 atom stereocenters. The van der Waals surface area contributed by atoms with Crippen LogP contribution in [0.25, 0.3) is 0 Å². The molecular weight excluding hydrogens is 382 g/mol. The van der Waals surface area contributed by atoms with Crippen molar-refractivity contribution in [1.29, 1.82) is 0 Å². The molecule has 0 saturated heterocycles. The van der Waals surface area contributed by atoms with Crippen molar-refractivity contribution in [2.45, 2.75) is 13.0 Å². The van der Waals surface area contributed by atoms with Gasteiger partial charge in [-0.05, 0) is 24.6 Å². The van der Waals surface area contributed by atoms with E-state index in [0.717, 1.165) is 28.2 Å². The van der Waals surface area contributed by atoms with Crippen molar-refractivity contribution in [3.8, 4) is 0 Å². The number of nitrogens with one attached hydrogen (secondary N) is 1. The summed E-state index contributed by atoms with van der Waals surface area (Å²) in [6, 6.07) is 9.72. The summed E-state index contributed by atoms with van der Waals surface area (Å²) in [6.07, 6.45) is 0. The lowest BCUT2D eigenvalue weighted by molar-refractivity contribution is -0.394. The quantitative estimate of drug-likeness (QED) is 0.613. The number of nitrogens with zero attached hydrogens (tertiary/aromatic N) is 2. The van der Waals surface area contributed by atoms with Crippen LogP contribution >= 0.6 is 15.9 Å². The number of non-ortho nitro benzene ring substituents is 2. The van der Waals surface area contributed by atoms with Crippen molar-refractivity contribution in [3.63, 3.8) is 0 Å². The highest BCUT2D eigenvalue weighted by atomic mass is 79.9. The summed E-state index contributed by atoms with van der Waals surface area (Å²) in [5, 5.41) is 24.4. The third-order valence-corrected chi connectivity index (χ3v) is 3.83. The molecule has 0 fully saturated rings. The van der Waals surface area contributed by atoms with Gasteiger partial charge in [0.1, 0.15) is 0 Å². The number of hydrogen-bond acceptors (Lipinski definition) is 5. The molecule has 24 heavy (non-hydrogen) atoms. The number of hydrogen-bond donors (Lipinski definition) is 1. The predicted octanol–water partition coefficient (Wildman–Crippen LogP) is 3.76. The number of carbonyl (C=O) groups is 1. The smallest absolute Gasteiger partial charge is 0.277 e. The summed E-state index contributed by atoms with van der Waals surface area (Å²) in [5.41, 5.74) is -0.331. The first-order chi connectivity index (χ1) is 11.3. The average Bonchev–Trinajstić information content (AvgIpc) is 2.54. The molecule has 0 aliphatic heterocycles. The van der Waals surface area contributed by atoms with Crippen molar-refractivity contribution < 1.29 is 14.6 Å². The minimum absolute atomic E-state index is 0.139. The number of rotatable bonds is 5. The van der Waals surface area contributed by atoms with Gasteiger partial charge in [0.2, 0.25) is 0 Å². The van der Waals surface area contributed by atoms with Gasteiger partial charge in [0.15, 0.2) is 0 Å². The van der Waals surface area contributed by atoms with Crippen molar-refractivity contribution in [3.05, 3.63) is 78.3 Å². The van der Waals surface area contributed by atoms with Crippen molar-refractivity contribution in [2.75, 3.05) is 0 Å². The minimum atomic E-state index is -0.776. The Hall–Kier alpha value is -2.81. The van der Waals surface area contributed by atoms with Crippen LogP contribution in [0.1, 0.15) is 28.9 Å². The van der Waals surface area contributed by atoms with Gasteiger partial charge in [-0.25, -0.2) is 0 Å². The summed E-state index contributed by atoms with van der Waals surface area (Å²) < 4.78 is 0.888. The highest BCUT2D eigenvalue weighted by Crippen LogP contribution is 2.23. The van der Waals surface area contributed by atoms with Crippen LogP contribution in [-0.4, -0.2) is 15.8 Å². The minimum Gasteiger partial charge on any atom is -0.346 e. The first-order valence-corrected chi connectivity index (χ1v) is 7.57. The van der Waals surface area contributed by atoms with E-state index in [1.54, 1.807) is 6.92 Å². The van der Waals surface area contributed by atoms with Gasteiger partial charge in [-0.1, -0.05) is 28.1 Å². The van der Waals surface area contributed by atoms with E-state index in [1.165, 1.54) is 0 Å². The molecule has 1 unspecified atom stereocenters. The van der Waals surface area contributed by atoms with Gasteiger partial charge >= 0.3 is 0 Å². The molecule has 0 aromatic heterocycles. The molecule has 0 saturated carbocycles. The van der Waals surface area contributed by atoms with E-state index in [9.17, 15) is 25.0 Å². The molecule has 0 bridgehead atoms. The number of amides is 1. The van der Waals surface area contributed by atoms with Crippen molar-refractivity contribution in [1.82, 2.24) is 5.32 Å². The molecule has 2 aromatic rings. The van der Waals surface area contributed by atoms with E-state index >= 15 is 0 Å². The fourth-order valence-corrected chi connectivity index (χ4v) is 2.32. The number of carbonyl (C=O) groups excluding carboxylic acids is 1. The Bertz CT molecular complexity index is 775. The Labute approximate surface area is 144 Å². The van der Waals surface area contributed by atoms with Gasteiger partial charge in [0.05, 0.1) is 27.5 Å². The van der Waals surface area contributed by atoms with Crippen LogP contribution in [0.4, 0.5) is 11.4 Å². The monoisotopic (exact) mass is 393 g/mol. The molecule has 0 radical (unpaired) electrons. The zero-order chi connectivity index (χ0) is 17.9. The number of nitro benzene ring substituents is 2. The average molecular weight is 394 g/mol. The fraction of sp³-hybridized carbons (Fsp3) is 0.133. The van der Waals surface area contributed by atoms with E-state index < -0.39 is 27.1 Å². The molecule has 0 heterocycles. The molecule has 1 N–H and O–H groups in total. The van der Waals surface area contributed by atoms with Crippen LogP contribution in [0, 0.1) is 20.2 Å². The summed E-state index contributed by atoms with van der Waals surface area (Å²) in [7, 11) is 0. The topological polar surface area (TPSA) is 115 Å². The largest absolute Gasteiger partial charge is 0.346 e. The second-order valence-electron chi connectivity index (χ2n) is 5.00. The number of halogens is 1. The maximum atomic E-state index is 12.3. The second kappa shape index (κ2) is 7.18. The lowest BCUT2D eigenvalue weighted by Crippen LogP contribution is -2.26. The Kier molecular flexibility index (Phi) is 5.24. The predicted molar refractivity (Wildman–Crippen MR) is 89.8 cm³/mol. The van der Waals surface area contributed by atoms with Gasteiger partial charge in [0, 0.05) is 16.6 Å². The van der Waals surface area contributed by atoms with Crippen LogP contribution in [0.3, 0.4) is 0 Å². The van der Waals surface area contributed by atoms with Crippen LogP contribution in [-0.2, 0) is 0 Å². The van der Waals surface area contributed by atoms with Gasteiger partial charge in [-0.2, -0.15) is 0 Å². The van der Waals surface area contributed by atoms with Gasteiger partial charge in [-0.3, -0.25) is 25.0 Å². The van der Waals surface area contributed by atoms with Crippen molar-refractivity contribution >= 4 is 33.2 Å².